The van der Waals surface area contributed by atoms with Gasteiger partial charge in [0.25, 0.3) is 0 Å². The fourth-order valence-electron chi connectivity index (χ4n) is 5.40. The minimum Gasteiger partial charge on any atom is -0.489 e. The highest BCUT2D eigenvalue weighted by atomic mass is 19.1. The third kappa shape index (κ3) is 5.41. The lowest BCUT2D eigenvalue weighted by molar-refractivity contribution is -0.0590. The van der Waals surface area contributed by atoms with Crippen LogP contribution in [0.1, 0.15) is 51.3 Å². The lowest BCUT2D eigenvalue weighted by atomic mass is 9.88. The molecule has 2 atom stereocenters. The van der Waals surface area contributed by atoms with Crippen molar-refractivity contribution in [2.24, 2.45) is 0 Å². The van der Waals surface area contributed by atoms with Crippen molar-refractivity contribution in [2.75, 3.05) is 6.61 Å². The quantitative estimate of drug-likeness (QED) is 0.315. The third-order valence-electron chi connectivity index (χ3n) is 7.79. The SMILES string of the molecule is N#Cc1ccc(COc2ccc3c(c2)CC(NCc2nc4ccc(C(=O)O)cc4n2C[C@@H]2CCO2)CC3)c(F)c1. The van der Waals surface area contributed by atoms with Crippen LogP contribution < -0.4 is 10.1 Å². The number of halogens is 1. The molecule has 3 aromatic carbocycles. The molecule has 1 unspecified atom stereocenters. The van der Waals surface area contributed by atoms with Crippen LogP contribution in [0.15, 0.2) is 54.6 Å². The lowest BCUT2D eigenvalue weighted by Gasteiger charge is -2.28. The Labute approximate surface area is 231 Å². The summed E-state index contributed by atoms with van der Waals surface area (Å²) < 4.78 is 27.9. The van der Waals surface area contributed by atoms with Gasteiger partial charge in [-0.2, -0.15) is 5.26 Å². The van der Waals surface area contributed by atoms with Gasteiger partial charge >= 0.3 is 5.97 Å². The van der Waals surface area contributed by atoms with Crippen LogP contribution in [0.3, 0.4) is 0 Å². The molecule has 4 aromatic rings. The minimum absolute atomic E-state index is 0.0858. The molecule has 2 aliphatic rings. The zero-order valence-corrected chi connectivity index (χ0v) is 21.9. The minimum atomic E-state index is -0.958. The molecule has 204 valence electrons. The zero-order chi connectivity index (χ0) is 27.6. The monoisotopic (exact) mass is 540 g/mol. The first-order valence-corrected chi connectivity index (χ1v) is 13.5. The fraction of sp³-hybridized carbons (Fsp3) is 0.323. The van der Waals surface area contributed by atoms with E-state index in [4.69, 9.17) is 19.7 Å². The molecule has 0 radical (unpaired) electrons. The number of hydrogen-bond donors (Lipinski definition) is 2. The number of nitriles is 1. The summed E-state index contributed by atoms with van der Waals surface area (Å²) in [5.41, 5.74) is 4.99. The number of rotatable bonds is 9. The normalized spacial score (nSPS) is 18.1. The number of carboxylic acid groups (broad SMARTS) is 1. The van der Waals surface area contributed by atoms with Gasteiger partial charge in [-0.25, -0.2) is 14.2 Å². The molecule has 1 fully saturated rings. The molecule has 1 saturated heterocycles. The molecular formula is C31H29FN4O4. The molecule has 2 N–H and O–H groups in total. The maximum Gasteiger partial charge on any atom is 0.335 e. The Morgan fingerprint density at radius 1 is 1.18 bits per heavy atom. The highest BCUT2D eigenvalue weighted by Crippen LogP contribution is 2.28. The van der Waals surface area contributed by atoms with Crippen LogP contribution in [0.25, 0.3) is 11.0 Å². The maximum absolute atomic E-state index is 14.3. The van der Waals surface area contributed by atoms with Gasteiger partial charge in [0, 0.05) is 18.2 Å². The molecule has 0 saturated carbocycles. The van der Waals surface area contributed by atoms with Crippen LogP contribution in [0.4, 0.5) is 4.39 Å². The Balaban J connectivity index is 1.14. The number of carbonyl (C=O) groups is 1. The number of nitrogens with one attached hydrogen (secondary N) is 1. The number of hydrogen-bond acceptors (Lipinski definition) is 6. The smallest absolute Gasteiger partial charge is 0.335 e. The van der Waals surface area contributed by atoms with E-state index in [0.29, 0.717) is 24.4 Å². The lowest BCUT2D eigenvalue weighted by Crippen LogP contribution is -2.36. The molecule has 0 bridgehead atoms. The van der Waals surface area contributed by atoms with E-state index in [0.717, 1.165) is 49.1 Å². The highest BCUT2D eigenvalue weighted by molar-refractivity contribution is 5.92. The maximum atomic E-state index is 14.3. The van der Waals surface area contributed by atoms with Gasteiger partial charge in [0.2, 0.25) is 0 Å². The summed E-state index contributed by atoms with van der Waals surface area (Å²) in [5.74, 6) is 0.135. The summed E-state index contributed by atoms with van der Waals surface area (Å²) >= 11 is 0. The van der Waals surface area contributed by atoms with Crippen molar-refractivity contribution in [3.05, 3.63) is 94.1 Å². The number of carboxylic acids is 1. The first-order valence-electron chi connectivity index (χ1n) is 13.5. The van der Waals surface area contributed by atoms with Crippen molar-refractivity contribution < 1.29 is 23.8 Å². The number of benzene rings is 3. The average molecular weight is 541 g/mol. The summed E-state index contributed by atoms with van der Waals surface area (Å²) in [6.07, 6.45) is 3.84. The molecule has 6 rings (SSSR count). The first-order chi connectivity index (χ1) is 19.5. The van der Waals surface area contributed by atoms with Crippen LogP contribution in [-0.2, 0) is 37.3 Å². The topological polar surface area (TPSA) is 109 Å². The van der Waals surface area contributed by atoms with Crippen molar-refractivity contribution in [1.29, 1.82) is 5.26 Å². The Hall–Kier alpha value is -4.26. The average Bonchev–Trinajstić information content (AvgIpc) is 3.29. The van der Waals surface area contributed by atoms with Gasteiger partial charge in [-0.15, -0.1) is 0 Å². The van der Waals surface area contributed by atoms with Gasteiger partial charge in [-0.3, -0.25) is 0 Å². The third-order valence-corrected chi connectivity index (χ3v) is 7.79. The van der Waals surface area contributed by atoms with Crippen LogP contribution in [0.2, 0.25) is 0 Å². The van der Waals surface area contributed by atoms with E-state index in [1.54, 1.807) is 30.3 Å². The second-order valence-electron chi connectivity index (χ2n) is 10.4. The predicted octanol–water partition coefficient (Wildman–Crippen LogP) is 4.76. The van der Waals surface area contributed by atoms with Gasteiger partial charge in [-0.05, 0) is 79.3 Å². The number of aromatic carboxylic acids is 1. The van der Waals surface area contributed by atoms with E-state index in [1.165, 1.54) is 17.2 Å². The number of ether oxygens (including phenoxy) is 2. The largest absolute Gasteiger partial charge is 0.489 e. The Morgan fingerprint density at radius 3 is 2.80 bits per heavy atom. The van der Waals surface area contributed by atoms with Crippen LogP contribution in [0.5, 0.6) is 5.75 Å². The van der Waals surface area contributed by atoms with Crippen LogP contribution >= 0.6 is 0 Å². The molecular weight excluding hydrogens is 511 g/mol. The van der Waals surface area contributed by atoms with Crippen molar-refractivity contribution in [3.8, 4) is 11.8 Å². The summed E-state index contributed by atoms with van der Waals surface area (Å²) in [6.45, 7) is 2.03. The van der Waals surface area contributed by atoms with Crippen molar-refractivity contribution >= 4 is 17.0 Å². The van der Waals surface area contributed by atoms with Gasteiger partial charge in [-0.1, -0.05) is 12.1 Å². The van der Waals surface area contributed by atoms with Gasteiger partial charge < -0.3 is 24.5 Å². The summed E-state index contributed by atoms with van der Waals surface area (Å²) in [7, 11) is 0. The van der Waals surface area contributed by atoms with E-state index >= 15 is 0 Å². The van der Waals surface area contributed by atoms with Crippen LogP contribution in [-0.4, -0.2) is 39.4 Å². The zero-order valence-electron chi connectivity index (χ0n) is 21.9. The summed E-state index contributed by atoms with van der Waals surface area (Å²) in [4.78, 5) is 16.4. The van der Waals surface area contributed by atoms with E-state index in [-0.39, 0.29) is 29.9 Å². The first kappa shape index (κ1) is 26.0. The number of nitrogens with zero attached hydrogens (tertiary/aromatic N) is 3. The van der Waals surface area contributed by atoms with Gasteiger partial charge in [0.05, 0.1) is 47.4 Å². The molecule has 40 heavy (non-hydrogen) atoms. The van der Waals surface area contributed by atoms with E-state index in [1.807, 2.05) is 18.2 Å². The Morgan fingerprint density at radius 2 is 2.05 bits per heavy atom. The molecule has 8 nitrogen and oxygen atoms in total. The molecule has 0 amide bonds. The molecule has 1 aliphatic carbocycles. The second-order valence-corrected chi connectivity index (χ2v) is 10.4. The van der Waals surface area contributed by atoms with Crippen molar-refractivity contribution in [2.45, 2.75) is 57.5 Å². The van der Waals surface area contributed by atoms with E-state index in [2.05, 4.69) is 16.0 Å². The van der Waals surface area contributed by atoms with Crippen molar-refractivity contribution in [1.82, 2.24) is 14.9 Å². The Bertz CT molecular complexity index is 1620. The van der Waals surface area contributed by atoms with Crippen molar-refractivity contribution in [3.63, 3.8) is 0 Å². The van der Waals surface area contributed by atoms with Crippen LogP contribution in [0, 0.1) is 17.1 Å². The summed E-state index contributed by atoms with van der Waals surface area (Å²) in [6, 6.07) is 17.6. The van der Waals surface area contributed by atoms with E-state index in [9.17, 15) is 14.3 Å². The molecule has 2 heterocycles. The number of aryl methyl sites for hydroxylation is 1. The Kier molecular flexibility index (Phi) is 7.20. The number of aromatic nitrogens is 2. The standard InChI is InChI=1S/C31H29FN4O4/c32-27-11-19(15-33)1-2-22(27)18-40-25-7-4-20-3-6-24(12-23(20)13-25)34-16-30-35-28-8-5-21(31(37)38)14-29(28)36(30)17-26-9-10-39-26/h1-2,4-5,7-8,11,13-14,24,26,34H,3,6,9-10,12,16-18H2,(H,37,38)/t24?,26-/m0/s1. The fourth-order valence-corrected chi connectivity index (χ4v) is 5.40. The molecule has 0 spiro atoms. The number of fused-ring (bicyclic) bond motifs is 2. The molecule has 1 aliphatic heterocycles. The number of imidazole rings is 1. The van der Waals surface area contributed by atoms with Gasteiger partial charge in [0.15, 0.2) is 0 Å². The van der Waals surface area contributed by atoms with E-state index < -0.39 is 11.8 Å². The molecule has 1 aromatic heterocycles. The highest BCUT2D eigenvalue weighted by Gasteiger charge is 2.24. The summed E-state index contributed by atoms with van der Waals surface area (Å²) in [5, 5.41) is 22.1. The molecule has 9 heteroatoms. The predicted molar refractivity (Wildman–Crippen MR) is 146 cm³/mol. The second kappa shape index (κ2) is 11.1. The van der Waals surface area contributed by atoms with Gasteiger partial charge in [0.1, 0.15) is 24.0 Å².